The van der Waals surface area contributed by atoms with Gasteiger partial charge in [0.2, 0.25) is 0 Å². The highest BCUT2D eigenvalue weighted by Gasteiger charge is 2.43. The lowest BCUT2D eigenvalue weighted by Gasteiger charge is -2.49. The zero-order valence-corrected chi connectivity index (χ0v) is 11.1. The first kappa shape index (κ1) is 11.3. The van der Waals surface area contributed by atoms with E-state index in [0.717, 1.165) is 5.92 Å². The summed E-state index contributed by atoms with van der Waals surface area (Å²) in [6.07, 6.45) is 5.42. The Hall–Kier alpha value is -0.820. The van der Waals surface area contributed by atoms with Crippen molar-refractivity contribution < 1.29 is 0 Å². The van der Waals surface area contributed by atoms with E-state index in [-0.39, 0.29) is 0 Å². The Morgan fingerprint density at radius 3 is 2.88 bits per heavy atom. The van der Waals surface area contributed by atoms with Crippen molar-refractivity contribution in [1.29, 1.82) is 0 Å². The Morgan fingerprint density at radius 2 is 2.06 bits per heavy atom. The summed E-state index contributed by atoms with van der Waals surface area (Å²) in [5, 5.41) is 0. The fraction of sp³-hybridized carbons (Fsp3) is 0.625. The third-order valence-corrected chi connectivity index (χ3v) is 5.09. The molecular weight excluding hydrogens is 206 g/mol. The van der Waals surface area contributed by atoms with Crippen LogP contribution in [0.15, 0.2) is 24.3 Å². The van der Waals surface area contributed by atoms with Crippen LogP contribution in [0.25, 0.3) is 0 Å². The van der Waals surface area contributed by atoms with E-state index in [1.807, 2.05) is 0 Å². The maximum absolute atomic E-state index is 2.49. The Kier molecular flexibility index (Phi) is 2.74. The first-order valence-electron chi connectivity index (χ1n) is 6.99. The fourth-order valence-electron chi connectivity index (χ4n) is 4.09. The zero-order valence-electron chi connectivity index (χ0n) is 11.1. The van der Waals surface area contributed by atoms with Crippen LogP contribution in [0, 0.1) is 5.92 Å². The zero-order chi connectivity index (χ0) is 11.9. The van der Waals surface area contributed by atoms with Gasteiger partial charge in [0.15, 0.2) is 0 Å². The maximum atomic E-state index is 2.49. The molecular formula is C16H23N. The van der Waals surface area contributed by atoms with Gasteiger partial charge in [-0.2, -0.15) is 0 Å². The van der Waals surface area contributed by atoms with E-state index in [4.69, 9.17) is 0 Å². The van der Waals surface area contributed by atoms with Crippen LogP contribution >= 0.6 is 0 Å². The number of likely N-dealkylation sites (tertiary alicyclic amines) is 1. The van der Waals surface area contributed by atoms with Crippen LogP contribution in [0.3, 0.4) is 0 Å². The van der Waals surface area contributed by atoms with E-state index < -0.39 is 0 Å². The Labute approximate surface area is 105 Å². The van der Waals surface area contributed by atoms with Crippen molar-refractivity contribution in [2.75, 3.05) is 20.1 Å². The van der Waals surface area contributed by atoms with E-state index in [0.29, 0.717) is 5.41 Å². The number of fused-ring (bicyclic) bond motifs is 2. The minimum atomic E-state index is 0.487. The van der Waals surface area contributed by atoms with Gasteiger partial charge in [0.25, 0.3) is 0 Å². The van der Waals surface area contributed by atoms with Gasteiger partial charge in [0.05, 0.1) is 0 Å². The predicted molar refractivity (Wildman–Crippen MR) is 72.3 cm³/mol. The summed E-state index contributed by atoms with van der Waals surface area (Å²) in [5.74, 6) is 0.794. The Bertz CT molecular complexity index is 412. The molecule has 1 spiro atoms. The molecule has 2 atom stereocenters. The van der Waals surface area contributed by atoms with Crippen molar-refractivity contribution in [1.82, 2.24) is 4.90 Å². The largest absolute Gasteiger partial charge is 0.306 e. The monoisotopic (exact) mass is 229 g/mol. The molecule has 0 radical (unpaired) electrons. The van der Waals surface area contributed by atoms with Crippen molar-refractivity contribution in [2.24, 2.45) is 5.92 Å². The molecule has 1 nitrogen and oxygen atoms in total. The van der Waals surface area contributed by atoms with Crippen LogP contribution in [-0.2, 0) is 11.8 Å². The van der Waals surface area contributed by atoms with Gasteiger partial charge in [-0.1, -0.05) is 31.2 Å². The van der Waals surface area contributed by atoms with E-state index in [2.05, 4.69) is 43.1 Å². The number of piperidine rings is 1. The van der Waals surface area contributed by atoms with Gasteiger partial charge < -0.3 is 4.90 Å². The molecule has 0 amide bonds. The van der Waals surface area contributed by atoms with E-state index in [1.165, 1.54) is 38.8 Å². The minimum Gasteiger partial charge on any atom is -0.306 e. The molecule has 3 rings (SSSR count). The highest BCUT2D eigenvalue weighted by Crippen LogP contribution is 2.47. The molecule has 1 aromatic carbocycles. The topological polar surface area (TPSA) is 3.24 Å². The summed E-state index contributed by atoms with van der Waals surface area (Å²) in [7, 11) is 2.26. The van der Waals surface area contributed by atoms with Gasteiger partial charge in [0, 0.05) is 12.0 Å². The van der Waals surface area contributed by atoms with Crippen LogP contribution in [-0.4, -0.2) is 25.0 Å². The average Bonchev–Trinajstić information content (AvgIpc) is 2.35. The van der Waals surface area contributed by atoms with Gasteiger partial charge in [-0.25, -0.2) is 0 Å². The molecule has 1 aromatic rings. The molecule has 17 heavy (non-hydrogen) atoms. The summed E-state index contributed by atoms with van der Waals surface area (Å²) in [6, 6.07) is 9.19. The van der Waals surface area contributed by atoms with Gasteiger partial charge >= 0.3 is 0 Å². The van der Waals surface area contributed by atoms with Crippen molar-refractivity contribution in [3.05, 3.63) is 35.4 Å². The molecule has 0 saturated carbocycles. The highest BCUT2D eigenvalue weighted by atomic mass is 15.1. The van der Waals surface area contributed by atoms with Gasteiger partial charge in [-0.3, -0.25) is 0 Å². The summed E-state index contributed by atoms with van der Waals surface area (Å²) >= 11 is 0. The molecule has 0 N–H and O–H groups in total. The van der Waals surface area contributed by atoms with Crippen LogP contribution in [0.5, 0.6) is 0 Å². The summed E-state index contributed by atoms with van der Waals surface area (Å²) < 4.78 is 0. The molecule has 0 aromatic heterocycles. The molecule has 2 aliphatic rings. The molecule has 1 heteroatoms. The van der Waals surface area contributed by atoms with Crippen LogP contribution in [0.2, 0.25) is 0 Å². The highest BCUT2D eigenvalue weighted by molar-refractivity contribution is 5.38. The van der Waals surface area contributed by atoms with E-state index >= 15 is 0 Å². The van der Waals surface area contributed by atoms with Gasteiger partial charge in [-0.15, -0.1) is 0 Å². The van der Waals surface area contributed by atoms with Gasteiger partial charge in [-0.05, 0) is 56.3 Å². The number of rotatable bonds is 0. The predicted octanol–water partition coefficient (Wildman–Crippen LogP) is 3.23. The molecule has 0 unspecified atom stereocenters. The third kappa shape index (κ3) is 1.72. The number of hydrogen-bond acceptors (Lipinski definition) is 1. The standard InChI is InChI=1S/C16H23N/c1-13-12-17(2)11-10-16(13)9-5-7-14-6-3-4-8-15(14)16/h3-4,6,8,13H,5,7,9-12H2,1-2H3/t13-,16-/m0/s1. The Balaban J connectivity index is 2.03. The molecule has 92 valence electrons. The molecule has 1 fully saturated rings. The molecule has 0 bridgehead atoms. The van der Waals surface area contributed by atoms with E-state index in [1.54, 1.807) is 11.1 Å². The van der Waals surface area contributed by atoms with Crippen molar-refractivity contribution >= 4 is 0 Å². The maximum Gasteiger partial charge on any atom is 0.00125 e. The smallest absolute Gasteiger partial charge is 0.00125 e. The number of benzene rings is 1. The lowest BCUT2D eigenvalue weighted by atomic mass is 9.60. The molecule has 1 aliphatic heterocycles. The third-order valence-electron chi connectivity index (χ3n) is 5.09. The molecule has 1 saturated heterocycles. The minimum absolute atomic E-state index is 0.487. The SMILES string of the molecule is C[C@H]1CN(C)CC[C@@]12CCCc1ccccc12. The average molecular weight is 229 g/mol. The van der Waals surface area contributed by atoms with Crippen molar-refractivity contribution in [2.45, 2.75) is 38.0 Å². The first-order valence-corrected chi connectivity index (χ1v) is 6.99. The second kappa shape index (κ2) is 4.13. The quantitative estimate of drug-likeness (QED) is 0.660. The second-order valence-corrected chi connectivity index (χ2v) is 6.08. The number of hydrogen-bond donors (Lipinski definition) is 0. The van der Waals surface area contributed by atoms with Crippen LogP contribution in [0.4, 0.5) is 0 Å². The van der Waals surface area contributed by atoms with Crippen LogP contribution in [0.1, 0.15) is 37.3 Å². The van der Waals surface area contributed by atoms with E-state index in [9.17, 15) is 0 Å². The summed E-state index contributed by atoms with van der Waals surface area (Å²) in [5.41, 5.74) is 3.78. The molecule has 1 heterocycles. The van der Waals surface area contributed by atoms with Crippen molar-refractivity contribution in [3.8, 4) is 0 Å². The summed E-state index contributed by atoms with van der Waals surface area (Å²) in [4.78, 5) is 2.49. The lowest BCUT2D eigenvalue weighted by molar-refractivity contribution is 0.106. The van der Waals surface area contributed by atoms with Crippen LogP contribution < -0.4 is 0 Å². The first-order chi connectivity index (χ1) is 8.22. The summed E-state index contributed by atoms with van der Waals surface area (Å²) in [6.45, 7) is 4.98. The Morgan fingerprint density at radius 1 is 1.24 bits per heavy atom. The molecule has 1 aliphatic carbocycles. The normalized spacial score (nSPS) is 33.6. The second-order valence-electron chi connectivity index (χ2n) is 6.08. The van der Waals surface area contributed by atoms with Gasteiger partial charge in [0.1, 0.15) is 0 Å². The lowest BCUT2D eigenvalue weighted by Crippen LogP contribution is -2.49. The fourth-order valence-corrected chi connectivity index (χ4v) is 4.09. The van der Waals surface area contributed by atoms with Crippen molar-refractivity contribution in [3.63, 3.8) is 0 Å². The number of nitrogens with zero attached hydrogens (tertiary/aromatic N) is 1. The number of aryl methyl sites for hydroxylation is 1.